The lowest BCUT2D eigenvalue weighted by Crippen LogP contribution is -3.12. The second-order valence-electron chi connectivity index (χ2n) is 3.59. The fourth-order valence-corrected chi connectivity index (χ4v) is 1.52. The highest BCUT2D eigenvalue weighted by molar-refractivity contribution is 5.51. The molecule has 0 atom stereocenters. The Balaban J connectivity index is 2.34. The molecule has 3 heteroatoms. The first kappa shape index (κ1) is 11.9. The van der Waals surface area contributed by atoms with Crippen molar-refractivity contribution in [3.63, 3.8) is 0 Å². The van der Waals surface area contributed by atoms with Crippen LogP contribution in [-0.2, 0) is 0 Å². The van der Waals surface area contributed by atoms with Crippen LogP contribution in [0.2, 0.25) is 0 Å². The van der Waals surface area contributed by atoms with Gasteiger partial charge in [-0.05, 0) is 26.0 Å². The third-order valence-electron chi connectivity index (χ3n) is 2.63. The summed E-state index contributed by atoms with van der Waals surface area (Å²) >= 11 is 0. The molecule has 0 amide bonds. The summed E-state index contributed by atoms with van der Waals surface area (Å²) in [4.78, 5) is 1.55. The molecule has 3 nitrogen and oxygen atoms in total. The van der Waals surface area contributed by atoms with Gasteiger partial charge in [-0.3, -0.25) is 0 Å². The van der Waals surface area contributed by atoms with Crippen molar-refractivity contribution in [3.8, 4) is 5.75 Å². The number of para-hydroxylation sites is 2. The Morgan fingerprint density at radius 1 is 1.20 bits per heavy atom. The normalized spacial score (nSPS) is 10.6. The summed E-state index contributed by atoms with van der Waals surface area (Å²) in [5, 5.41) is 0. The van der Waals surface area contributed by atoms with Crippen LogP contribution in [0.25, 0.3) is 0 Å². The van der Waals surface area contributed by atoms with E-state index in [1.54, 1.807) is 4.90 Å². The van der Waals surface area contributed by atoms with Gasteiger partial charge in [-0.1, -0.05) is 12.1 Å². The number of likely N-dealkylation sites (N-methyl/N-ethyl adjacent to an activating group) is 1. The smallest absolute Gasteiger partial charge is 0.142 e. The lowest BCUT2D eigenvalue weighted by molar-refractivity contribution is -0.896. The third-order valence-corrected chi connectivity index (χ3v) is 2.63. The summed E-state index contributed by atoms with van der Waals surface area (Å²) in [5.74, 6) is 0.795. The Kier molecular flexibility index (Phi) is 4.98. The van der Waals surface area contributed by atoms with Crippen LogP contribution >= 0.6 is 0 Å². The fraction of sp³-hybridized carbons (Fsp3) is 0.500. The van der Waals surface area contributed by atoms with Crippen LogP contribution in [-0.4, -0.2) is 26.2 Å². The molecule has 0 unspecified atom stereocenters. The number of anilines is 1. The fourth-order valence-electron chi connectivity index (χ4n) is 1.52. The van der Waals surface area contributed by atoms with Crippen molar-refractivity contribution in [1.29, 1.82) is 0 Å². The number of nitrogens with two attached hydrogens (primary N) is 1. The average Bonchev–Trinajstić information content (AvgIpc) is 2.27. The monoisotopic (exact) mass is 209 g/mol. The summed E-state index contributed by atoms with van der Waals surface area (Å²) in [5.41, 5.74) is 6.49. The minimum absolute atomic E-state index is 0.715. The molecule has 0 bridgehead atoms. The van der Waals surface area contributed by atoms with Gasteiger partial charge in [-0.2, -0.15) is 0 Å². The Bertz CT molecular complexity index is 285. The van der Waals surface area contributed by atoms with Crippen LogP contribution in [0, 0.1) is 0 Å². The van der Waals surface area contributed by atoms with E-state index < -0.39 is 0 Å². The van der Waals surface area contributed by atoms with Gasteiger partial charge in [0.1, 0.15) is 18.9 Å². The van der Waals surface area contributed by atoms with Crippen LogP contribution in [0.3, 0.4) is 0 Å². The molecule has 1 rings (SSSR count). The first-order chi connectivity index (χ1) is 7.27. The predicted octanol–water partition coefficient (Wildman–Crippen LogP) is 0.572. The van der Waals surface area contributed by atoms with Crippen molar-refractivity contribution in [2.75, 3.05) is 32.0 Å². The average molecular weight is 209 g/mol. The van der Waals surface area contributed by atoms with E-state index in [0.717, 1.165) is 32.0 Å². The SMILES string of the molecule is CC[NH+](CC)CCOc1ccccc1N. The first-order valence-corrected chi connectivity index (χ1v) is 5.58. The molecular formula is C12H21N2O+. The topological polar surface area (TPSA) is 39.7 Å². The van der Waals surface area contributed by atoms with Gasteiger partial charge < -0.3 is 15.4 Å². The molecule has 0 aliphatic rings. The van der Waals surface area contributed by atoms with E-state index in [1.807, 2.05) is 24.3 Å². The Hall–Kier alpha value is -1.22. The van der Waals surface area contributed by atoms with E-state index in [0.29, 0.717) is 5.69 Å². The standard InChI is InChI=1S/C12H20N2O/c1-3-14(4-2)9-10-15-12-8-6-5-7-11(12)13/h5-8H,3-4,9-10,13H2,1-2H3/p+1. The van der Waals surface area contributed by atoms with E-state index in [9.17, 15) is 0 Å². The Morgan fingerprint density at radius 3 is 2.47 bits per heavy atom. The van der Waals surface area contributed by atoms with Crippen molar-refractivity contribution < 1.29 is 9.64 Å². The second kappa shape index (κ2) is 6.30. The van der Waals surface area contributed by atoms with Crippen molar-refractivity contribution in [3.05, 3.63) is 24.3 Å². The van der Waals surface area contributed by atoms with Gasteiger partial charge in [0.2, 0.25) is 0 Å². The van der Waals surface area contributed by atoms with Gasteiger partial charge in [-0.15, -0.1) is 0 Å². The van der Waals surface area contributed by atoms with Crippen LogP contribution < -0.4 is 15.4 Å². The summed E-state index contributed by atoms with van der Waals surface area (Å²) in [6.07, 6.45) is 0. The summed E-state index contributed by atoms with van der Waals surface area (Å²) < 4.78 is 5.63. The zero-order valence-corrected chi connectivity index (χ0v) is 9.62. The largest absolute Gasteiger partial charge is 0.486 e. The molecule has 3 N–H and O–H groups in total. The number of hydrogen-bond acceptors (Lipinski definition) is 2. The van der Waals surface area contributed by atoms with Gasteiger partial charge in [0.15, 0.2) is 0 Å². The zero-order chi connectivity index (χ0) is 11.1. The van der Waals surface area contributed by atoms with Crippen molar-refractivity contribution in [2.45, 2.75) is 13.8 Å². The predicted molar refractivity (Wildman–Crippen MR) is 63.3 cm³/mol. The molecule has 0 saturated heterocycles. The molecule has 0 heterocycles. The zero-order valence-electron chi connectivity index (χ0n) is 9.62. The lowest BCUT2D eigenvalue weighted by atomic mass is 10.3. The molecular weight excluding hydrogens is 188 g/mol. The first-order valence-electron chi connectivity index (χ1n) is 5.58. The molecule has 1 aromatic carbocycles. The third kappa shape index (κ3) is 3.80. The molecule has 0 fully saturated rings. The highest BCUT2D eigenvalue weighted by Crippen LogP contribution is 2.18. The van der Waals surface area contributed by atoms with Gasteiger partial charge in [0, 0.05) is 0 Å². The van der Waals surface area contributed by atoms with E-state index in [1.165, 1.54) is 0 Å². The van der Waals surface area contributed by atoms with Crippen LogP contribution in [0.5, 0.6) is 5.75 Å². The summed E-state index contributed by atoms with van der Waals surface area (Å²) in [6, 6.07) is 7.63. The maximum Gasteiger partial charge on any atom is 0.142 e. The molecule has 0 saturated carbocycles. The minimum atomic E-state index is 0.715. The quantitative estimate of drug-likeness (QED) is 0.673. The molecule has 0 spiro atoms. The van der Waals surface area contributed by atoms with E-state index >= 15 is 0 Å². The van der Waals surface area contributed by atoms with Crippen molar-refractivity contribution in [1.82, 2.24) is 0 Å². The summed E-state index contributed by atoms with van der Waals surface area (Å²) in [7, 11) is 0. The highest BCUT2D eigenvalue weighted by atomic mass is 16.5. The maximum absolute atomic E-state index is 5.77. The highest BCUT2D eigenvalue weighted by Gasteiger charge is 2.03. The Labute approximate surface area is 91.8 Å². The molecule has 0 radical (unpaired) electrons. The molecule has 0 aliphatic carbocycles. The van der Waals surface area contributed by atoms with Crippen molar-refractivity contribution in [2.24, 2.45) is 0 Å². The minimum Gasteiger partial charge on any atom is -0.486 e. The molecule has 84 valence electrons. The van der Waals surface area contributed by atoms with Gasteiger partial charge in [0.05, 0.1) is 18.8 Å². The van der Waals surface area contributed by atoms with Crippen LogP contribution in [0.4, 0.5) is 5.69 Å². The second-order valence-corrected chi connectivity index (χ2v) is 3.59. The lowest BCUT2D eigenvalue weighted by Gasteiger charge is -2.16. The van der Waals surface area contributed by atoms with E-state index in [-0.39, 0.29) is 0 Å². The van der Waals surface area contributed by atoms with Crippen molar-refractivity contribution >= 4 is 5.69 Å². The van der Waals surface area contributed by atoms with Gasteiger partial charge in [0.25, 0.3) is 0 Å². The number of quaternary nitrogens is 1. The van der Waals surface area contributed by atoms with E-state index in [4.69, 9.17) is 10.5 Å². The Morgan fingerprint density at radius 2 is 1.87 bits per heavy atom. The number of rotatable bonds is 6. The molecule has 0 aliphatic heterocycles. The number of hydrogen-bond donors (Lipinski definition) is 2. The molecule has 1 aromatic rings. The number of ether oxygens (including phenoxy) is 1. The van der Waals surface area contributed by atoms with Gasteiger partial charge in [-0.25, -0.2) is 0 Å². The van der Waals surface area contributed by atoms with Crippen LogP contribution in [0.15, 0.2) is 24.3 Å². The molecule has 0 aromatic heterocycles. The van der Waals surface area contributed by atoms with E-state index in [2.05, 4.69) is 13.8 Å². The number of benzene rings is 1. The molecule has 15 heavy (non-hydrogen) atoms. The van der Waals surface area contributed by atoms with Crippen LogP contribution in [0.1, 0.15) is 13.8 Å². The maximum atomic E-state index is 5.77. The number of nitrogens with one attached hydrogen (secondary N) is 1. The van der Waals surface area contributed by atoms with Gasteiger partial charge >= 0.3 is 0 Å². The number of nitrogen functional groups attached to an aromatic ring is 1. The summed E-state index contributed by atoms with van der Waals surface area (Å²) in [6.45, 7) is 8.42.